The summed E-state index contributed by atoms with van der Waals surface area (Å²) in [6.45, 7) is 13.0. The van der Waals surface area contributed by atoms with Crippen molar-refractivity contribution in [3.05, 3.63) is 23.0 Å². The summed E-state index contributed by atoms with van der Waals surface area (Å²) in [4.78, 5) is 16.4. The molecule has 0 saturated carbocycles. The minimum absolute atomic E-state index is 0.00877. The Morgan fingerprint density at radius 2 is 1.80 bits per heavy atom. The fourth-order valence-electron chi connectivity index (χ4n) is 1.70. The number of hydrogen-bond donors (Lipinski definition) is 1. The first kappa shape index (κ1) is 17.0. The molecule has 0 spiro atoms. The summed E-state index contributed by atoms with van der Waals surface area (Å²) in [5, 5.41) is 3.74. The first-order valence-corrected chi connectivity index (χ1v) is 7.32. The van der Waals surface area contributed by atoms with Crippen molar-refractivity contribution in [2.45, 2.75) is 48.0 Å². The van der Waals surface area contributed by atoms with Gasteiger partial charge in [0.2, 0.25) is 0 Å². The van der Waals surface area contributed by atoms with E-state index in [1.54, 1.807) is 12.4 Å². The molecule has 0 fully saturated rings. The van der Waals surface area contributed by atoms with Gasteiger partial charge in [0.1, 0.15) is 0 Å². The van der Waals surface area contributed by atoms with E-state index in [9.17, 15) is 4.79 Å². The summed E-state index contributed by atoms with van der Waals surface area (Å²) in [6, 6.07) is 0. The molecule has 0 radical (unpaired) electrons. The molecular formula is C16H25ClN2O. The predicted octanol–water partition coefficient (Wildman–Crippen LogP) is 4.81. The van der Waals surface area contributed by atoms with Gasteiger partial charge in [-0.15, -0.1) is 0 Å². The average molecular weight is 297 g/mol. The largest absolute Gasteiger partial charge is 0.383 e. The highest BCUT2D eigenvalue weighted by molar-refractivity contribution is 6.36. The Hall–Kier alpha value is -1.09. The van der Waals surface area contributed by atoms with Crippen LogP contribution in [0.15, 0.2) is 12.4 Å². The number of rotatable bonds is 4. The fraction of sp³-hybridized carbons (Fsp3) is 0.625. The number of halogens is 1. The van der Waals surface area contributed by atoms with E-state index in [4.69, 9.17) is 11.6 Å². The lowest BCUT2D eigenvalue weighted by molar-refractivity contribution is 0.0858. The standard InChI is InChI=1S/C16H25ClN2O/c1-15(2,3)7-8-19-12-10-18-9-11(13(12)17)14(20)16(4,5)6/h9-10,19H,7-8H2,1-6H3. The molecule has 0 aromatic carbocycles. The van der Waals surface area contributed by atoms with Crippen molar-refractivity contribution in [2.24, 2.45) is 10.8 Å². The maximum absolute atomic E-state index is 12.3. The summed E-state index contributed by atoms with van der Waals surface area (Å²) in [6.07, 6.45) is 4.23. The smallest absolute Gasteiger partial charge is 0.171 e. The molecule has 0 bridgehead atoms. The number of carbonyl (C=O) groups excluding carboxylic acids is 1. The Bertz CT molecular complexity index is 484. The second-order valence-electron chi connectivity index (χ2n) is 7.37. The van der Waals surface area contributed by atoms with Crippen molar-refractivity contribution in [1.82, 2.24) is 4.98 Å². The van der Waals surface area contributed by atoms with E-state index in [1.807, 2.05) is 20.8 Å². The molecule has 0 amide bonds. The van der Waals surface area contributed by atoms with Crippen LogP contribution in [-0.4, -0.2) is 17.3 Å². The molecule has 1 heterocycles. The van der Waals surface area contributed by atoms with E-state index < -0.39 is 5.41 Å². The summed E-state index contributed by atoms with van der Waals surface area (Å²) in [7, 11) is 0. The van der Waals surface area contributed by atoms with E-state index >= 15 is 0 Å². The Labute approximate surface area is 127 Å². The minimum Gasteiger partial charge on any atom is -0.383 e. The van der Waals surface area contributed by atoms with Gasteiger partial charge in [-0.3, -0.25) is 9.78 Å². The average Bonchev–Trinajstić information content (AvgIpc) is 2.28. The molecule has 1 aromatic heterocycles. The van der Waals surface area contributed by atoms with Crippen LogP contribution in [0.3, 0.4) is 0 Å². The number of carbonyl (C=O) groups is 1. The van der Waals surface area contributed by atoms with Crippen LogP contribution < -0.4 is 5.32 Å². The fourth-order valence-corrected chi connectivity index (χ4v) is 1.95. The molecule has 0 aliphatic heterocycles. The van der Waals surface area contributed by atoms with Crippen molar-refractivity contribution in [3.63, 3.8) is 0 Å². The van der Waals surface area contributed by atoms with Crippen LogP contribution in [0.1, 0.15) is 58.3 Å². The SMILES string of the molecule is CC(C)(C)CCNc1cncc(C(=O)C(C)(C)C)c1Cl. The molecule has 1 aromatic rings. The van der Waals surface area contributed by atoms with Crippen LogP contribution in [0.4, 0.5) is 5.69 Å². The molecule has 20 heavy (non-hydrogen) atoms. The predicted molar refractivity (Wildman–Crippen MR) is 85.6 cm³/mol. The third-order valence-corrected chi connectivity index (χ3v) is 3.40. The van der Waals surface area contributed by atoms with Gasteiger partial charge in [-0.2, -0.15) is 0 Å². The molecule has 112 valence electrons. The lowest BCUT2D eigenvalue weighted by Crippen LogP contribution is -2.21. The monoisotopic (exact) mass is 296 g/mol. The van der Waals surface area contributed by atoms with E-state index in [1.165, 1.54) is 0 Å². The summed E-state index contributed by atoms with van der Waals surface area (Å²) >= 11 is 6.34. The molecule has 0 aliphatic carbocycles. The number of hydrogen-bond acceptors (Lipinski definition) is 3. The first-order chi connectivity index (χ1) is 9.02. The van der Waals surface area contributed by atoms with Gasteiger partial charge in [-0.25, -0.2) is 0 Å². The van der Waals surface area contributed by atoms with Crippen molar-refractivity contribution < 1.29 is 4.79 Å². The van der Waals surface area contributed by atoms with Crippen molar-refractivity contribution in [2.75, 3.05) is 11.9 Å². The lowest BCUT2D eigenvalue weighted by atomic mass is 9.87. The van der Waals surface area contributed by atoms with Gasteiger partial charge in [0.15, 0.2) is 5.78 Å². The lowest BCUT2D eigenvalue weighted by Gasteiger charge is -2.20. The Morgan fingerprint density at radius 1 is 1.20 bits per heavy atom. The highest BCUT2D eigenvalue weighted by Gasteiger charge is 2.26. The number of nitrogens with zero attached hydrogens (tertiary/aromatic N) is 1. The van der Waals surface area contributed by atoms with Crippen LogP contribution in [0, 0.1) is 10.8 Å². The molecule has 1 rings (SSSR count). The van der Waals surface area contributed by atoms with Gasteiger partial charge in [-0.1, -0.05) is 53.1 Å². The zero-order valence-corrected chi connectivity index (χ0v) is 14.1. The van der Waals surface area contributed by atoms with Gasteiger partial charge >= 0.3 is 0 Å². The van der Waals surface area contributed by atoms with Gasteiger partial charge in [-0.05, 0) is 11.8 Å². The van der Waals surface area contributed by atoms with Gasteiger partial charge < -0.3 is 5.32 Å². The quantitative estimate of drug-likeness (QED) is 0.811. The third-order valence-electron chi connectivity index (χ3n) is 3.00. The van der Waals surface area contributed by atoms with Crippen molar-refractivity contribution in [1.29, 1.82) is 0 Å². The number of Topliss-reactive ketones (excluding diaryl/α,β-unsaturated/α-hetero) is 1. The van der Waals surface area contributed by atoms with Crippen molar-refractivity contribution >= 4 is 23.1 Å². The second kappa shape index (κ2) is 6.13. The Balaban J connectivity index is 2.88. The maximum Gasteiger partial charge on any atom is 0.171 e. The van der Waals surface area contributed by atoms with E-state index in [-0.39, 0.29) is 11.2 Å². The third kappa shape index (κ3) is 4.78. The highest BCUT2D eigenvalue weighted by Crippen LogP contribution is 2.30. The summed E-state index contributed by atoms with van der Waals surface area (Å²) in [5.74, 6) is 0.00877. The highest BCUT2D eigenvalue weighted by atomic mass is 35.5. The van der Waals surface area contributed by atoms with Crippen LogP contribution in [-0.2, 0) is 0 Å². The van der Waals surface area contributed by atoms with E-state index in [0.29, 0.717) is 10.6 Å². The number of anilines is 1. The van der Waals surface area contributed by atoms with E-state index in [2.05, 4.69) is 31.1 Å². The zero-order chi connectivity index (χ0) is 15.6. The molecule has 3 nitrogen and oxygen atoms in total. The summed E-state index contributed by atoms with van der Waals surface area (Å²) in [5.41, 5.74) is 1.01. The van der Waals surface area contributed by atoms with Gasteiger partial charge in [0, 0.05) is 18.2 Å². The van der Waals surface area contributed by atoms with Gasteiger partial charge in [0.25, 0.3) is 0 Å². The Morgan fingerprint density at radius 3 is 2.30 bits per heavy atom. The van der Waals surface area contributed by atoms with Crippen molar-refractivity contribution in [3.8, 4) is 0 Å². The maximum atomic E-state index is 12.3. The van der Waals surface area contributed by atoms with Crippen LogP contribution >= 0.6 is 11.6 Å². The number of aromatic nitrogens is 1. The molecule has 1 N–H and O–H groups in total. The zero-order valence-electron chi connectivity index (χ0n) is 13.3. The summed E-state index contributed by atoms with van der Waals surface area (Å²) < 4.78 is 0. The normalized spacial score (nSPS) is 12.3. The van der Waals surface area contributed by atoms with Crippen LogP contribution in [0.25, 0.3) is 0 Å². The van der Waals surface area contributed by atoms with Crippen LogP contribution in [0.5, 0.6) is 0 Å². The molecule has 0 unspecified atom stereocenters. The Kier molecular flexibility index (Phi) is 5.20. The topological polar surface area (TPSA) is 42.0 Å². The van der Waals surface area contributed by atoms with Gasteiger partial charge in [0.05, 0.1) is 22.5 Å². The minimum atomic E-state index is -0.463. The second-order valence-corrected chi connectivity index (χ2v) is 7.74. The molecular weight excluding hydrogens is 272 g/mol. The van der Waals surface area contributed by atoms with Crippen LogP contribution in [0.2, 0.25) is 5.02 Å². The molecule has 0 saturated heterocycles. The molecule has 0 aliphatic rings. The number of ketones is 1. The molecule has 0 atom stereocenters. The molecule has 4 heteroatoms. The number of nitrogens with one attached hydrogen (secondary N) is 1. The first-order valence-electron chi connectivity index (χ1n) is 6.94. The van der Waals surface area contributed by atoms with E-state index in [0.717, 1.165) is 18.7 Å². The number of pyridine rings is 1.